The highest BCUT2D eigenvalue weighted by atomic mass is 79.9. The summed E-state index contributed by atoms with van der Waals surface area (Å²) in [5, 5.41) is 1.46. The molecule has 0 aromatic rings. The Balaban J connectivity index is 4.34. The maximum atomic E-state index is 3.40. The Bertz CT molecular complexity index is 142. The van der Waals surface area contributed by atoms with Crippen LogP contribution < -0.4 is 0 Å². The van der Waals surface area contributed by atoms with Crippen molar-refractivity contribution >= 4 is 24.0 Å². The molecule has 0 N–H and O–H groups in total. The van der Waals surface area contributed by atoms with Gasteiger partial charge in [0.2, 0.25) is 0 Å². The highest BCUT2D eigenvalue weighted by molar-refractivity contribution is 9.09. The Morgan fingerprint density at radius 1 is 1.27 bits per heavy atom. The van der Waals surface area contributed by atoms with Crippen molar-refractivity contribution in [3.8, 4) is 0 Å². The summed E-state index contributed by atoms with van der Waals surface area (Å²) in [6.45, 7) is 11.8. The summed E-state index contributed by atoms with van der Waals surface area (Å²) in [6, 6.07) is 0. The van der Waals surface area contributed by atoms with Crippen LogP contribution in [0.5, 0.6) is 0 Å². The molecule has 0 unspecified atom stereocenters. The van der Waals surface area contributed by atoms with E-state index in [1.54, 1.807) is 0 Å². The number of allylic oxidation sites excluding steroid dienone is 1. The topological polar surface area (TPSA) is 0 Å². The van der Waals surface area contributed by atoms with Gasteiger partial charge in [0.1, 0.15) is 0 Å². The standard InChI is InChI=1S/C9H19BrSi/c1-9(2,3)11(4,5)8-6-7-10/h6,8H,7H2,1-5H3/b8-6-. The molecule has 2 heteroatoms. The van der Waals surface area contributed by atoms with Gasteiger partial charge in [0, 0.05) is 5.33 Å². The van der Waals surface area contributed by atoms with Crippen molar-refractivity contribution < 1.29 is 0 Å². The molecule has 0 amide bonds. The molecule has 0 aliphatic heterocycles. The van der Waals surface area contributed by atoms with E-state index < -0.39 is 8.07 Å². The van der Waals surface area contributed by atoms with E-state index in [1.165, 1.54) is 0 Å². The predicted octanol–water partition coefficient (Wildman–Crippen LogP) is 3.99. The van der Waals surface area contributed by atoms with E-state index in [-0.39, 0.29) is 0 Å². The van der Waals surface area contributed by atoms with Crippen molar-refractivity contribution in [3.63, 3.8) is 0 Å². The van der Waals surface area contributed by atoms with Gasteiger partial charge in [-0.1, -0.05) is 61.6 Å². The van der Waals surface area contributed by atoms with Crippen molar-refractivity contribution in [1.82, 2.24) is 0 Å². The minimum Gasteiger partial charge on any atom is -0.0973 e. The van der Waals surface area contributed by atoms with Crippen LogP contribution in [0.2, 0.25) is 18.1 Å². The van der Waals surface area contributed by atoms with E-state index >= 15 is 0 Å². The molecular weight excluding hydrogens is 216 g/mol. The number of rotatable bonds is 2. The summed E-state index contributed by atoms with van der Waals surface area (Å²) in [7, 11) is -1.14. The lowest BCUT2D eigenvalue weighted by Gasteiger charge is -2.34. The fourth-order valence-corrected chi connectivity index (χ4v) is 2.33. The van der Waals surface area contributed by atoms with Gasteiger partial charge in [0.05, 0.1) is 8.07 Å². The molecule has 0 aromatic heterocycles. The Labute approximate surface area is 80.2 Å². The second-order valence-corrected chi connectivity index (χ2v) is 10.5. The summed E-state index contributed by atoms with van der Waals surface area (Å²) < 4.78 is 0. The van der Waals surface area contributed by atoms with Gasteiger partial charge in [-0.2, -0.15) is 0 Å². The normalized spacial score (nSPS) is 14.4. The zero-order valence-corrected chi connectivity index (χ0v) is 10.8. The number of hydrogen-bond donors (Lipinski definition) is 0. The molecule has 0 saturated carbocycles. The first kappa shape index (κ1) is 11.4. The maximum absolute atomic E-state index is 3.40. The van der Waals surface area contributed by atoms with E-state index in [0.717, 1.165) is 5.33 Å². The van der Waals surface area contributed by atoms with Gasteiger partial charge >= 0.3 is 0 Å². The first-order valence-electron chi connectivity index (χ1n) is 4.05. The van der Waals surface area contributed by atoms with Crippen molar-refractivity contribution in [2.24, 2.45) is 0 Å². The first-order chi connectivity index (χ1) is 4.81. The van der Waals surface area contributed by atoms with Gasteiger partial charge < -0.3 is 0 Å². The Morgan fingerprint density at radius 2 is 1.73 bits per heavy atom. The van der Waals surface area contributed by atoms with Gasteiger partial charge in [-0.15, -0.1) is 0 Å². The largest absolute Gasteiger partial charge is 0.0973 e. The molecule has 0 aromatic carbocycles. The SMILES string of the molecule is CC(C)(C)[Si](C)(C)/C=C\CBr. The minimum absolute atomic E-state index is 0.478. The molecule has 0 spiro atoms. The molecule has 0 saturated heterocycles. The predicted molar refractivity (Wildman–Crippen MR) is 60.1 cm³/mol. The Kier molecular flexibility index (Phi) is 4.06. The van der Waals surface area contributed by atoms with Crippen LogP contribution in [0, 0.1) is 0 Å². The molecule has 0 bridgehead atoms. The summed E-state index contributed by atoms with van der Waals surface area (Å²) in [5.41, 5.74) is 2.42. The minimum atomic E-state index is -1.14. The lowest BCUT2D eigenvalue weighted by Crippen LogP contribution is -2.34. The number of hydrogen-bond acceptors (Lipinski definition) is 0. The molecule has 0 aliphatic carbocycles. The van der Waals surface area contributed by atoms with Crippen LogP contribution in [0.15, 0.2) is 11.8 Å². The van der Waals surface area contributed by atoms with Crippen LogP contribution in [0.1, 0.15) is 20.8 Å². The Morgan fingerprint density at radius 3 is 2.00 bits per heavy atom. The van der Waals surface area contributed by atoms with Crippen molar-refractivity contribution in [2.45, 2.75) is 38.9 Å². The fourth-order valence-electron chi connectivity index (χ4n) is 0.589. The zero-order chi connectivity index (χ0) is 9.12. The molecular formula is C9H19BrSi. The van der Waals surface area contributed by atoms with Gasteiger partial charge in [-0.25, -0.2) is 0 Å². The van der Waals surface area contributed by atoms with Gasteiger partial charge in [0.25, 0.3) is 0 Å². The zero-order valence-electron chi connectivity index (χ0n) is 8.24. The fraction of sp³-hybridized carbons (Fsp3) is 0.778. The van der Waals surface area contributed by atoms with Crippen LogP contribution in [0.3, 0.4) is 0 Å². The van der Waals surface area contributed by atoms with E-state index in [0.29, 0.717) is 5.04 Å². The molecule has 0 rings (SSSR count). The second kappa shape index (κ2) is 3.90. The average Bonchev–Trinajstić information content (AvgIpc) is 1.81. The first-order valence-corrected chi connectivity index (χ1v) is 8.25. The third-order valence-corrected chi connectivity index (χ3v) is 7.87. The van der Waals surface area contributed by atoms with Gasteiger partial charge in [0.15, 0.2) is 0 Å². The van der Waals surface area contributed by atoms with Crippen LogP contribution in [0.25, 0.3) is 0 Å². The second-order valence-electron chi connectivity index (χ2n) is 4.53. The summed E-state index contributed by atoms with van der Waals surface area (Å²) in [4.78, 5) is 0. The van der Waals surface area contributed by atoms with Crippen LogP contribution >= 0.6 is 15.9 Å². The lowest BCUT2D eigenvalue weighted by atomic mass is 10.2. The maximum Gasteiger partial charge on any atom is 0.0766 e. The van der Waals surface area contributed by atoms with E-state index in [2.05, 4.69) is 61.6 Å². The molecule has 0 fully saturated rings. The highest BCUT2D eigenvalue weighted by Gasteiger charge is 2.31. The third-order valence-electron chi connectivity index (χ3n) is 2.56. The molecule has 0 nitrogen and oxygen atoms in total. The van der Waals surface area contributed by atoms with Crippen LogP contribution in [-0.4, -0.2) is 13.4 Å². The van der Waals surface area contributed by atoms with Crippen molar-refractivity contribution in [2.75, 3.05) is 5.33 Å². The highest BCUT2D eigenvalue weighted by Crippen LogP contribution is 2.36. The molecule has 66 valence electrons. The summed E-state index contributed by atoms with van der Waals surface area (Å²) in [6.07, 6.45) is 2.23. The van der Waals surface area contributed by atoms with Crippen molar-refractivity contribution in [3.05, 3.63) is 11.8 Å². The molecule has 0 atom stereocenters. The van der Waals surface area contributed by atoms with Crippen LogP contribution in [-0.2, 0) is 0 Å². The lowest BCUT2D eigenvalue weighted by molar-refractivity contribution is 0.728. The number of halogens is 1. The molecule has 11 heavy (non-hydrogen) atoms. The molecule has 0 heterocycles. The van der Waals surface area contributed by atoms with Crippen LogP contribution in [0.4, 0.5) is 0 Å². The number of alkyl halides is 1. The molecule has 0 radical (unpaired) electrons. The van der Waals surface area contributed by atoms with Gasteiger partial charge in [-0.3, -0.25) is 0 Å². The van der Waals surface area contributed by atoms with Crippen molar-refractivity contribution in [1.29, 1.82) is 0 Å². The van der Waals surface area contributed by atoms with E-state index in [1.807, 2.05) is 0 Å². The average molecular weight is 235 g/mol. The Hall–Kier alpha value is 0.437. The monoisotopic (exact) mass is 234 g/mol. The quantitative estimate of drug-likeness (QED) is 0.501. The third kappa shape index (κ3) is 3.56. The van der Waals surface area contributed by atoms with E-state index in [9.17, 15) is 0 Å². The summed E-state index contributed by atoms with van der Waals surface area (Å²) >= 11 is 3.40. The molecule has 0 aliphatic rings. The van der Waals surface area contributed by atoms with E-state index in [4.69, 9.17) is 0 Å². The van der Waals surface area contributed by atoms with Gasteiger partial charge in [-0.05, 0) is 5.04 Å². The summed E-state index contributed by atoms with van der Waals surface area (Å²) in [5.74, 6) is 0. The smallest absolute Gasteiger partial charge is 0.0766 e.